The number of thiocarbonyl (C=S) groups is 1. The molecule has 3 rings (SSSR count). The summed E-state index contributed by atoms with van der Waals surface area (Å²) in [6, 6.07) is 16.2. The highest BCUT2D eigenvalue weighted by Gasteiger charge is 2.10. The van der Waals surface area contributed by atoms with Gasteiger partial charge in [-0.3, -0.25) is 0 Å². The van der Waals surface area contributed by atoms with Crippen molar-refractivity contribution in [1.82, 2.24) is 15.5 Å². The molecule has 0 aliphatic carbocycles. The molecule has 26 heavy (non-hydrogen) atoms. The number of benzene rings is 2. The molecule has 0 radical (unpaired) electrons. The fraction of sp³-hybridized carbons (Fsp3) is 0.250. The monoisotopic (exact) mass is 366 g/mol. The maximum Gasteiger partial charge on any atom is 0.246 e. The lowest BCUT2D eigenvalue weighted by atomic mass is 10.0. The molecule has 0 saturated carbocycles. The molecule has 0 fully saturated rings. The minimum Gasteiger partial charge on any atom is -0.353 e. The van der Waals surface area contributed by atoms with Crippen LogP contribution in [0.5, 0.6) is 0 Å². The average Bonchev–Trinajstić information content (AvgIpc) is 3.09. The van der Waals surface area contributed by atoms with Crippen LogP contribution >= 0.6 is 12.2 Å². The molecular formula is C20H22N4OS. The van der Waals surface area contributed by atoms with E-state index in [-0.39, 0.29) is 0 Å². The molecule has 6 heteroatoms. The molecule has 1 heterocycles. The third kappa shape index (κ3) is 4.46. The first-order valence-electron chi connectivity index (χ1n) is 8.56. The Balaban J connectivity index is 1.56. The fourth-order valence-corrected chi connectivity index (χ4v) is 2.73. The molecule has 5 nitrogen and oxygen atoms in total. The average molecular weight is 366 g/mol. The molecule has 0 amide bonds. The molecule has 0 bridgehead atoms. The first kappa shape index (κ1) is 18.1. The predicted octanol–water partition coefficient (Wildman–Crippen LogP) is 4.66. The lowest BCUT2D eigenvalue weighted by molar-refractivity contribution is 0.376. The topological polar surface area (TPSA) is 63.0 Å². The first-order chi connectivity index (χ1) is 12.5. The minimum atomic E-state index is 0.370. The van der Waals surface area contributed by atoms with E-state index in [1.165, 1.54) is 5.56 Å². The summed E-state index contributed by atoms with van der Waals surface area (Å²) in [6.07, 6.45) is 0. The first-order valence-corrected chi connectivity index (χ1v) is 8.97. The molecule has 2 aromatic carbocycles. The van der Waals surface area contributed by atoms with Gasteiger partial charge in [0, 0.05) is 11.3 Å². The molecule has 0 aliphatic rings. The van der Waals surface area contributed by atoms with Gasteiger partial charge in [0.25, 0.3) is 0 Å². The maximum atomic E-state index is 5.33. The van der Waals surface area contributed by atoms with Crippen LogP contribution in [0.25, 0.3) is 11.4 Å². The van der Waals surface area contributed by atoms with Crippen LogP contribution in [0, 0.1) is 6.92 Å². The second-order valence-electron chi connectivity index (χ2n) is 6.41. The van der Waals surface area contributed by atoms with Crippen molar-refractivity contribution in [2.24, 2.45) is 0 Å². The number of hydrogen-bond acceptors (Lipinski definition) is 4. The van der Waals surface area contributed by atoms with Crippen molar-refractivity contribution < 1.29 is 4.52 Å². The van der Waals surface area contributed by atoms with Crippen molar-refractivity contribution in [3.05, 3.63) is 65.5 Å². The summed E-state index contributed by atoms with van der Waals surface area (Å²) in [5.74, 6) is 1.58. The summed E-state index contributed by atoms with van der Waals surface area (Å²) in [6.45, 7) is 6.73. The second kappa shape index (κ2) is 8.10. The second-order valence-corrected chi connectivity index (χ2v) is 6.82. The smallest absolute Gasteiger partial charge is 0.246 e. The Morgan fingerprint density at radius 2 is 1.85 bits per heavy atom. The van der Waals surface area contributed by atoms with E-state index in [2.05, 4.69) is 46.8 Å². The van der Waals surface area contributed by atoms with Gasteiger partial charge in [-0.2, -0.15) is 4.98 Å². The van der Waals surface area contributed by atoms with Crippen LogP contribution < -0.4 is 10.6 Å². The molecule has 3 aromatic rings. The van der Waals surface area contributed by atoms with Gasteiger partial charge in [0.2, 0.25) is 11.7 Å². The molecule has 1 aromatic heterocycles. The van der Waals surface area contributed by atoms with E-state index in [0.717, 1.165) is 16.8 Å². The van der Waals surface area contributed by atoms with Crippen LogP contribution in [0.1, 0.15) is 36.8 Å². The van der Waals surface area contributed by atoms with Gasteiger partial charge in [0.1, 0.15) is 0 Å². The van der Waals surface area contributed by atoms with E-state index in [1.54, 1.807) is 0 Å². The third-order valence-corrected chi connectivity index (χ3v) is 4.34. The zero-order valence-corrected chi connectivity index (χ0v) is 15.9. The molecular weight excluding hydrogens is 344 g/mol. The minimum absolute atomic E-state index is 0.370. The third-order valence-electron chi connectivity index (χ3n) is 4.09. The van der Waals surface area contributed by atoms with Crippen molar-refractivity contribution in [3.63, 3.8) is 0 Å². The summed E-state index contributed by atoms with van der Waals surface area (Å²) < 4.78 is 5.31. The van der Waals surface area contributed by atoms with E-state index in [1.807, 2.05) is 43.3 Å². The standard InChI is InChI=1S/C20H22N4OS/c1-13(2)15-8-10-16(11-9-15)22-20(26)21-12-18-23-19(24-25-18)17-7-5-4-6-14(17)3/h4-11,13H,12H2,1-3H3,(H2,21,22,26). The van der Waals surface area contributed by atoms with Crippen molar-refractivity contribution in [1.29, 1.82) is 0 Å². The van der Waals surface area contributed by atoms with E-state index in [4.69, 9.17) is 16.7 Å². The van der Waals surface area contributed by atoms with E-state index in [0.29, 0.717) is 29.3 Å². The van der Waals surface area contributed by atoms with E-state index >= 15 is 0 Å². The summed E-state index contributed by atoms with van der Waals surface area (Å²) in [5.41, 5.74) is 4.31. The Hall–Kier alpha value is -2.73. The number of anilines is 1. The van der Waals surface area contributed by atoms with Gasteiger partial charge in [0.05, 0.1) is 6.54 Å². The number of rotatable bonds is 5. The van der Waals surface area contributed by atoms with Crippen LogP contribution in [-0.4, -0.2) is 15.3 Å². The van der Waals surface area contributed by atoms with Crippen LogP contribution in [0.4, 0.5) is 5.69 Å². The van der Waals surface area contributed by atoms with E-state index in [9.17, 15) is 0 Å². The number of hydrogen-bond donors (Lipinski definition) is 2. The number of nitrogens with one attached hydrogen (secondary N) is 2. The van der Waals surface area contributed by atoms with Crippen LogP contribution in [0.2, 0.25) is 0 Å². The van der Waals surface area contributed by atoms with Gasteiger partial charge in [-0.15, -0.1) is 0 Å². The summed E-state index contributed by atoms with van der Waals surface area (Å²) >= 11 is 5.33. The SMILES string of the molecule is Cc1ccccc1-c1noc(CNC(=S)Nc2ccc(C(C)C)cc2)n1. The lowest BCUT2D eigenvalue weighted by Gasteiger charge is -2.10. The van der Waals surface area contributed by atoms with Crippen molar-refractivity contribution in [2.45, 2.75) is 33.2 Å². The van der Waals surface area contributed by atoms with Gasteiger partial charge in [0.15, 0.2) is 5.11 Å². The molecule has 2 N–H and O–H groups in total. The Labute approximate surface area is 158 Å². The van der Waals surface area contributed by atoms with E-state index < -0.39 is 0 Å². The van der Waals surface area contributed by atoms with Gasteiger partial charge in [-0.1, -0.05) is 55.4 Å². The fourth-order valence-electron chi connectivity index (χ4n) is 2.54. The number of nitrogens with zero attached hydrogens (tertiary/aromatic N) is 2. The highest BCUT2D eigenvalue weighted by Crippen LogP contribution is 2.20. The summed E-state index contributed by atoms with van der Waals surface area (Å²) in [5, 5.41) is 10.8. The largest absolute Gasteiger partial charge is 0.353 e. The lowest BCUT2D eigenvalue weighted by Crippen LogP contribution is -2.28. The van der Waals surface area contributed by atoms with Crippen molar-refractivity contribution in [3.8, 4) is 11.4 Å². The maximum absolute atomic E-state index is 5.33. The zero-order chi connectivity index (χ0) is 18.5. The predicted molar refractivity (Wildman–Crippen MR) is 108 cm³/mol. The summed E-state index contributed by atoms with van der Waals surface area (Å²) in [4.78, 5) is 4.42. The van der Waals surface area contributed by atoms with Crippen LogP contribution in [-0.2, 0) is 6.54 Å². The van der Waals surface area contributed by atoms with Crippen molar-refractivity contribution >= 4 is 23.0 Å². The molecule has 0 atom stereocenters. The summed E-state index contributed by atoms with van der Waals surface area (Å²) in [7, 11) is 0. The highest BCUT2D eigenvalue weighted by atomic mass is 32.1. The Morgan fingerprint density at radius 1 is 1.12 bits per heavy atom. The quantitative estimate of drug-likeness (QED) is 0.641. The molecule has 0 saturated heterocycles. The molecule has 0 unspecified atom stereocenters. The molecule has 134 valence electrons. The number of aryl methyl sites for hydroxylation is 1. The number of aromatic nitrogens is 2. The van der Waals surface area contributed by atoms with Gasteiger partial charge in [-0.05, 0) is 48.3 Å². The van der Waals surface area contributed by atoms with Gasteiger partial charge in [-0.25, -0.2) is 0 Å². The molecule has 0 spiro atoms. The van der Waals surface area contributed by atoms with Gasteiger partial charge >= 0.3 is 0 Å². The van der Waals surface area contributed by atoms with Crippen molar-refractivity contribution in [2.75, 3.05) is 5.32 Å². The van der Waals surface area contributed by atoms with Crippen LogP contribution in [0.15, 0.2) is 53.1 Å². The highest BCUT2D eigenvalue weighted by molar-refractivity contribution is 7.80. The van der Waals surface area contributed by atoms with Gasteiger partial charge < -0.3 is 15.2 Å². The Morgan fingerprint density at radius 3 is 2.54 bits per heavy atom. The molecule has 0 aliphatic heterocycles. The zero-order valence-electron chi connectivity index (χ0n) is 15.1. The van der Waals surface area contributed by atoms with Crippen LogP contribution in [0.3, 0.4) is 0 Å². The Bertz CT molecular complexity index is 887. The normalized spacial score (nSPS) is 10.8. The Kier molecular flexibility index (Phi) is 5.63.